The molecule has 16 heavy (non-hydrogen) atoms. The summed E-state index contributed by atoms with van der Waals surface area (Å²) in [6.45, 7) is 3.32. The molecule has 0 unspecified atom stereocenters. The van der Waals surface area contributed by atoms with Crippen LogP contribution in [0.4, 0.5) is 4.39 Å². The Kier molecular flexibility index (Phi) is 5.38. The molecular weight excluding hydrogens is 275 g/mol. The summed E-state index contributed by atoms with van der Waals surface area (Å²) in [6.07, 6.45) is 1.95. The van der Waals surface area contributed by atoms with Gasteiger partial charge in [0.15, 0.2) is 0 Å². The molecule has 0 spiro atoms. The summed E-state index contributed by atoms with van der Waals surface area (Å²) in [5.74, 6) is -0.583. The van der Waals surface area contributed by atoms with Gasteiger partial charge >= 0.3 is 0 Å². The van der Waals surface area contributed by atoms with Crippen LogP contribution in [0.2, 0.25) is 0 Å². The topological polar surface area (TPSA) is 33.2 Å². The van der Waals surface area contributed by atoms with Crippen molar-refractivity contribution in [2.45, 2.75) is 13.3 Å². The predicted octanol–water partition coefficient (Wildman–Crippen LogP) is 2.47. The lowest BCUT2D eigenvalue weighted by atomic mass is 10.3. The van der Waals surface area contributed by atoms with E-state index in [2.05, 4.69) is 20.9 Å². The molecule has 0 aliphatic rings. The van der Waals surface area contributed by atoms with Gasteiger partial charge in [-0.15, -0.1) is 0 Å². The summed E-state index contributed by atoms with van der Waals surface area (Å²) >= 11 is 3.30. The molecule has 0 aromatic carbocycles. The third-order valence-corrected chi connectivity index (χ3v) is 2.44. The summed E-state index contributed by atoms with van der Waals surface area (Å²) in [5.41, 5.74) is 0.288. The number of halogens is 2. The first kappa shape index (κ1) is 13.1. The Morgan fingerprint density at radius 1 is 1.50 bits per heavy atom. The highest BCUT2D eigenvalue weighted by molar-refractivity contribution is 9.09. The lowest BCUT2D eigenvalue weighted by Gasteiger charge is -2.20. The number of carbonyl (C=O) groups is 1. The van der Waals surface area contributed by atoms with E-state index in [1.165, 1.54) is 12.1 Å². The van der Waals surface area contributed by atoms with Crippen LogP contribution in [0, 0.1) is 5.82 Å². The molecule has 0 aliphatic heterocycles. The second-order valence-corrected chi connectivity index (χ2v) is 4.14. The smallest absolute Gasteiger partial charge is 0.272 e. The van der Waals surface area contributed by atoms with Crippen LogP contribution in [-0.2, 0) is 0 Å². The number of aromatic nitrogens is 1. The third-order valence-electron chi connectivity index (χ3n) is 2.08. The lowest BCUT2D eigenvalue weighted by Crippen LogP contribution is -2.33. The molecule has 0 saturated carbocycles. The van der Waals surface area contributed by atoms with Crippen molar-refractivity contribution in [3.05, 3.63) is 29.8 Å². The fraction of sp³-hybridized carbons (Fsp3) is 0.455. The summed E-state index contributed by atoms with van der Waals surface area (Å²) < 4.78 is 12.7. The van der Waals surface area contributed by atoms with Crippen LogP contribution in [0.1, 0.15) is 23.8 Å². The Hall–Kier alpha value is -0.970. The normalized spacial score (nSPS) is 10.2. The van der Waals surface area contributed by atoms with Gasteiger partial charge in [0, 0.05) is 18.4 Å². The van der Waals surface area contributed by atoms with Crippen LogP contribution < -0.4 is 0 Å². The Morgan fingerprint density at radius 2 is 2.25 bits per heavy atom. The first-order valence-electron chi connectivity index (χ1n) is 5.15. The quantitative estimate of drug-likeness (QED) is 0.780. The molecule has 0 radical (unpaired) electrons. The van der Waals surface area contributed by atoms with Gasteiger partial charge < -0.3 is 4.90 Å². The largest absolute Gasteiger partial charge is 0.336 e. The number of nitrogens with zero attached hydrogens (tertiary/aromatic N) is 2. The number of pyridine rings is 1. The van der Waals surface area contributed by atoms with E-state index in [-0.39, 0.29) is 11.6 Å². The Morgan fingerprint density at radius 3 is 2.75 bits per heavy atom. The van der Waals surface area contributed by atoms with Gasteiger partial charge in [0.05, 0.1) is 6.20 Å². The van der Waals surface area contributed by atoms with E-state index in [9.17, 15) is 9.18 Å². The molecular formula is C11H14BrFN2O. The van der Waals surface area contributed by atoms with Crippen LogP contribution in [0.3, 0.4) is 0 Å². The molecule has 0 atom stereocenters. The summed E-state index contributed by atoms with van der Waals surface area (Å²) in [5, 5.41) is 0.722. The van der Waals surface area contributed by atoms with Crippen molar-refractivity contribution in [3.63, 3.8) is 0 Å². The summed E-state index contributed by atoms with van der Waals surface area (Å²) in [6, 6.07) is 2.66. The molecule has 88 valence electrons. The molecule has 1 aromatic rings. The van der Waals surface area contributed by atoms with Crippen molar-refractivity contribution in [1.29, 1.82) is 0 Å². The number of amides is 1. The SMILES string of the molecule is CCCN(CCBr)C(=O)c1ccc(F)cn1. The zero-order valence-corrected chi connectivity index (χ0v) is 10.7. The Bertz CT molecular complexity index is 336. The van der Waals surface area contributed by atoms with Crippen LogP contribution in [0.25, 0.3) is 0 Å². The van der Waals surface area contributed by atoms with Crippen molar-refractivity contribution in [3.8, 4) is 0 Å². The van der Waals surface area contributed by atoms with Crippen molar-refractivity contribution < 1.29 is 9.18 Å². The zero-order chi connectivity index (χ0) is 12.0. The maximum Gasteiger partial charge on any atom is 0.272 e. The summed E-state index contributed by atoms with van der Waals surface area (Å²) in [7, 11) is 0. The molecule has 5 heteroatoms. The Labute approximate surface area is 103 Å². The predicted molar refractivity (Wildman–Crippen MR) is 64.2 cm³/mol. The monoisotopic (exact) mass is 288 g/mol. The van der Waals surface area contributed by atoms with Crippen LogP contribution in [0.5, 0.6) is 0 Å². The van der Waals surface area contributed by atoms with Crippen LogP contribution in [0.15, 0.2) is 18.3 Å². The second kappa shape index (κ2) is 6.58. The van der Waals surface area contributed by atoms with Gasteiger partial charge in [0.2, 0.25) is 0 Å². The first-order chi connectivity index (χ1) is 7.69. The molecule has 3 nitrogen and oxygen atoms in total. The van der Waals surface area contributed by atoms with E-state index in [1.54, 1.807) is 4.90 Å². The van der Waals surface area contributed by atoms with E-state index in [0.29, 0.717) is 13.1 Å². The molecule has 0 fully saturated rings. The number of rotatable bonds is 5. The van der Waals surface area contributed by atoms with Crippen LogP contribution in [-0.4, -0.2) is 34.2 Å². The van der Waals surface area contributed by atoms with Gasteiger partial charge in [-0.1, -0.05) is 22.9 Å². The number of hydrogen-bond acceptors (Lipinski definition) is 2. The number of carbonyl (C=O) groups excluding carboxylic acids is 1. The minimum atomic E-state index is -0.431. The minimum Gasteiger partial charge on any atom is -0.336 e. The van der Waals surface area contributed by atoms with Crippen molar-refractivity contribution in [1.82, 2.24) is 9.88 Å². The van der Waals surface area contributed by atoms with Gasteiger partial charge in [-0.2, -0.15) is 0 Å². The van der Waals surface area contributed by atoms with Gasteiger partial charge in [-0.05, 0) is 18.6 Å². The Balaban J connectivity index is 2.77. The van der Waals surface area contributed by atoms with Crippen molar-refractivity contribution in [2.75, 3.05) is 18.4 Å². The minimum absolute atomic E-state index is 0.152. The molecule has 1 rings (SSSR count). The van der Waals surface area contributed by atoms with Crippen molar-refractivity contribution >= 4 is 21.8 Å². The zero-order valence-electron chi connectivity index (χ0n) is 9.12. The molecule has 1 heterocycles. The molecule has 0 aliphatic carbocycles. The highest BCUT2D eigenvalue weighted by Crippen LogP contribution is 2.04. The number of hydrogen-bond donors (Lipinski definition) is 0. The maximum absolute atomic E-state index is 12.7. The van der Waals surface area contributed by atoms with E-state index in [1.807, 2.05) is 6.92 Å². The molecule has 0 N–H and O–H groups in total. The van der Waals surface area contributed by atoms with Gasteiger partial charge in [0.25, 0.3) is 5.91 Å². The molecule has 1 amide bonds. The average molecular weight is 289 g/mol. The van der Waals surface area contributed by atoms with Crippen LogP contribution >= 0.6 is 15.9 Å². The van der Waals surface area contributed by atoms with E-state index in [4.69, 9.17) is 0 Å². The van der Waals surface area contributed by atoms with Gasteiger partial charge in [-0.3, -0.25) is 4.79 Å². The summed E-state index contributed by atoms with van der Waals surface area (Å²) in [4.78, 5) is 17.4. The van der Waals surface area contributed by atoms with E-state index in [0.717, 1.165) is 17.9 Å². The lowest BCUT2D eigenvalue weighted by molar-refractivity contribution is 0.0760. The highest BCUT2D eigenvalue weighted by Gasteiger charge is 2.15. The van der Waals surface area contributed by atoms with Gasteiger partial charge in [-0.25, -0.2) is 9.37 Å². The highest BCUT2D eigenvalue weighted by atomic mass is 79.9. The second-order valence-electron chi connectivity index (χ2n) is 3.34. The van der Waals surface area contributed by atoms with E-state index >= 15 is 0 Å². The standard InChI is InChI=1S/C11H14BrFN2O/c1-2-6-15(7-5-12)11(16)10-4-3-9(13)8-14-10/h3-4,8H,2,5-7H2,1H3. The maximum atomic E-state index is 12.7. The number of alkyl halides is 1. The third kappa shape index (κ3) is 3.56. The average Bonchev–Trinajstić information content (AvgIpc) is 2.29. The molecule has 0 bridgehead atoms. The fourth-order valence-corrected chi connectivity index (χ4v) is 1.78. The van der Waals surface area contributed by atoms with Crippen molar-refractivity contribution in [2.24, 2.45) is 0 Å². The first-order valence-corrected chi connectivity index (χ1v) is 6.28. The fourth-order valence-electron chi connectivity index (χ4n) is 1.35. The van der Waals surface area contributed by atoms with E-state index < -0.39 is 5.82 Å². The molecule has 0 saturated heterocycles. The molecule has 1 aromatic heterocycles. The van der Waals surface area contributed by atoms with Gasteiger partial charge in [0.1, 0.15) is 11.5 Å².